The molecule has 0 aliphatic rings. The van der Waals surface area contributed by atoms with Gasteiger partial charge in [0.25, 0.3) is 0 Å². The summed E-state index contributed by atoms with van der Waals surface area (Å²) in [5.41, 5.74) is 5.53. The maximum absolute atomic E-state index is 4.67. The first kappa shape index (κ1) is 23.2. The molecule has 6 aromatic rings. The predicted molar refractivity (Wildman–Crippen MR) is 129 cm³/mol. The van der Waals surface area contributed by atoms with Crippen molar-refractivity contribution in [2.75, 3.05) is 0 Å². The van der Waals surface area contributed by atoms with Gasteiger partial charge >= 0.3 is 0 Å². The van der Waals surface area contributed by atoms with Gasteiger partial charge in [-0.15, -0.1) is 71.8 Å². The number of benzene rings is 3. The molecule has 0 atom stereocenters. The summed E-state index contributed by atoms with van der Waals surface area (Å²) in [5.74, 6) is 0.817. The van der Waals surface area contributed by atoms with Crippen molar-refractivity contribution in [1.29, 1.82) is 0 Å². The largest absolute Gasteiger partial charge is 0.318 e. The molecule has 3 aromatic heterocycles. The van der Waals surface area contributed by atoms with E-state index in [0.29, 0.717) is 0 Å². The number of hydrogen-bond acceptors (Lipinski definition) is 4. The van der Waals surface area contributed by atoms with E-state index in [9.17, 15) is 0 Å². The summed E-state index contributed by atoms with van der Waals surface area (Å²) in [6, 6.07) is 37.9. The Hall–Kier alpha value is -3.99. The van der Waals surface area contributed by atoms with Crippen LogP contribution in [0.25, 0.3) is 39.5 Å². The molecule has 0 fully saturated rings. The standard InChI is InChI=1S/C17H11N4.C11H8N.Ir/c1-3-7-13(8-4-1)16-20-15-11-18-12-19-17(15)21(16)14-9-5-2-6-10-14;1-2-6-10(7-3-1)11-8-4-5-9-12-11;/h1-7,9-12H;1-6,8-9H;/q2*-1;. The van der Waals surface area contributed by atoms with E-state index >= 15 is 0 Å². The first-order chi connectivity index (χ1) is 16.4. The zero-order valence-corrected chi connectivity index (χ0v) is 20.4. The molecule has 0 amide bonds. The third kappa shape index (κ3) is 5.15. The van der Waals surface area contributed by atoms with Gasteiger partial charge in [-0.2, -0.15) is 0 Å². The molecule has 0 spiro atoms. The van der Waals surface area contributed by atoms with Crippen LogP contribution in [-0.2, 0) is 20.1 Å². The minimum Gasteiger partial charge on any atom is -0.318 e. The Morgan fingerprint density at radius 1 is 0.676 bits per heavy atom. The molecule has 167 valence electrons. The van der Waals surface area contributed by atoms with Crippen LogP contribution in [-0.4, -0.2) is 24.5 Å². The van der Waals surface area contributed by atoms with E-state index in [1.807, 2.05) is 102 Å². The average molecular weight is 618 g/mol. The Balaban J connectivity index is 0.000000180. The molecule has 3 heterocycles. The van der Waals surface area contributed by atoms with Gasteiger partial charge in [-0.1, -0.05) is 30.3 Å². The summed E-state index contributed by atoms with van der Waals surface area (Å²) in [5, 5.41) is 0. The van der Waals surface area contributed by atoms with Crippen LogP contribution in [0, 0.1) is 12.1 Å². The van der Waals surface area contributed by atoms with Crippen LogP contribution in [0.5, 0.6) is 0 Å². The van der Waals surface area contributed by atoms with Crippen molar-refractivity contribution in [3.05, 3.63) is 128 Å². The van der Waals surface area contributed by atoms with Crippen molar-refractivity contribution in [3.63, 3.8) is 0 Å². The van der Waals surface area contributed by atoms with Gasteiger partial charge in [0.2, 0.25) is 0 Å². The zero-order chi connectivity index (χ0) is 22.3. The van der Waals surface area contributed by atoms with E-state index in [2.05, 4.69) is 32.1 Å². The smallest absolute Gasteiger partial charge is 0.158 e. The molecule has 34 heavy (non-hydrogen) atoms. The number of para-hydroxylation sites is 1. The number of pyridine rings is 1. The Labute approximate surface area is 211 Å². The fourth-order valence-corrected chi connectivity index (χ4v) is 3.44. The van der Waals surface area contributed by atoms with Gasteiger partial charge in [0.1, 0.15) is 11.8 Å². The predicted octanol–water partition coefficient (Wildman–Crippen LogP) is 5.83. The van der Waals surface area contributed by atoms with E-state index < -0.39 is 0 Å². The van der Waals surface area contributed by atoms with Crippen molar-refractivity contribution in [1.82, 2.24) is 24.5 Å². The summed E-state index contributed by atoms with van der Waals surface area (Å²) < 4.78 is 2.03. The Morgan fingerprint density at radius 3 is 2.06 bits per heavy atom. The first-order valence-corrected chi connectivity index (χ1v) is 10.5. The quantitative estimate of drug-likeness (QED) is 0.235. The van der Waals surface area contributed by atoms with Gasteiger partial charge in [-0.05, 0) is 23.9 Å². The monoisotopic (exact) mass is 618 g/mol. The number of rotatable bonds is 3. The Morgan fingerprint density at radius 2 is 1.38 bits per heavy atom. The summed E-state index contributed by atoms with van der Waals surface area (Å²) in [7, 11) is 0. The molecule has 0 unspecified atom stereocenters. The Kier molecular flexibility index (Phi) is 7.66. The second-order valence-corrected chi connectivity index (χ2v) is 7.11. The summed E-state index contributed by atoms with van der Waals surface area (Å²) in [6.07, 6.45) is 5.06. The molecule has 0 aliphatic heterocycles. The van der Waals surface area contributed by atoms with Crippen LogP contribution in [0.1, 0.15) is 0 Å². The summed E-state index contributed by atoms with van der Waals surface area (Å²) in [4.78, 5) is 17.3. The van der Waals surface area contributed by atoms with Gasteiger partial charge in [0, 0.05) is 32.0 Å². The van der Waals surface area contributed by atoms with Gasteiger partial charge in [0.05, 0.1) is 12.0 Å². The van der Waals surface area contributed by atoms with Crippen LogP contribution in [0.2, 0.25) is 0 Å². The Bertz CT molecular complexity index is 1400. The second-order valence-electron chi connectivity index (χ2n) is 7.11. The second kappa shape index (κ2) is 11.2. The molecular formula is C28H19IrN5-2. The minimum absolute atomic E-state index is 0. The third-order valence-corrected chi connectivity index (χ3v) is 4.94. The molecular weight excluding hydrogens is 599 g/mol. The third-order valence-electron chi connectivity index (χ3n) is 4.94. The number of fused-ring (bicyclic) bond motifs is 1. The average Bonchev–Trinajstić information content (AvgIpc) is 3.31. The number of imidazole rings is 1. The summed E-state index contributed by atoms with van der Waals surface area (Å²) in [6.45, 7) is 0. The molecule has 0 saturated carbocycles. The van der Waals surface area contributed by atoms with Gasteiger partial charge in [-0.3, -0.25) is 4.98 Å². The minimum atomic E-state index is 0. The van der Waals surface area contributed by atoms with Crippen molar-refractivity contribution in [3.8, 4) is 28.3 Å². The van der Waals surface area contributed by atoms with Crippen LogP contribution in [0.4, 0.5) is 0 Å². The van der Waals surface area contributed by atoms with Crippen molar-refractivity contribution in [2.24, 2.45) is 0 Å². The normalized spacial score (nSPS) is 10.1. The maximum Gasteiger partial charge on any atom is 0.158 e. The van der Waals surface area contributed by atoms with E-state index in [1.54, 1.807) is 18.7 Å². The van der Waals surface area contributed by atoms with Crippen LogP contribution in [0.3, 0.4) is 0 Å². The fourth-order valence-electron chi connectivity index (χ4n) is 3.44. The zero-order valence-electron chi connectivity index (χ0n) is 18.0. The molecule has 1 radical (unpaired) electrons. The van der Waals surface area contributed by atoms with Gasteiger partial charge in [-0.25, -0.2) is 9.97 Å². The molecule has 0 N–H and O–H groups in total. The molecule has 3 aromatic carbocycles. The van der Waals surface area contributed by atoms with Crippen LogP contribution >= 0.6 is 0 Å². The SMILES string of the molecule is [Ir].[c-]1ccccc1-c1ccccn1.[c-]1ccccc1-c1nc2cncnc2n1-c1ccccc1. The molecule has 0 bridgehead atoms. The van der Waals surface area contributed by atoms with Gasteiger partial charge in [0.15, 0.2) is 5.65 Å². The fraction of sp³-hybridized carbons (Fsp3) is 0. The molecule has 6 rings (SSSR count). The molecule has 6 heteroatoms. The number of hydrogen-bond donors (Lipinski definition) is 0. The first-order valence-electron chi connectivity index (χ1n) is 10.5. The van der Waals surface area contributed by atoms with E-state index in [-0.39, 0.29) is 20.1 Å². The number of aromatic nitrogens is 5. The van der Waals surface area contributed by atoms with Gasteiger partial charge < -0.3 is 9.55 Å². The van der Waals surface area contributed by atoms with Crippen molar-refractivity contribution < 1.29 is 20.1 Å². The van der Waals surface area contributed by atoms with Crippen LogP contribution in [0.15, 0.2) is 116 Å². The van der Waals surface area contributed by atoms with E-state index in [4.69, 9.17) is 0 Å². The maximum atomic E-state index is 4.67. The molecule has 0 aliphatic carbocycles. The van der Waals surface area contributed by atoms with Crippen molar-refractivity contribution >= 4 is 11.2 Å². The van der Waals surface area contributed by atoms with Crippen molar-refractivity contribution in [2.45, 2.75) is 0 Å². The number of nitrogens with zero attached hydrogens (tertiary/aromatic N) is 5. The molecule has 0 saturated heterocycles. The van der Waals surface area contributed by atoms with Crippen LogP contribution < -0.4 is 0 Å². The molecule has 5 nitrogen and oxygen atoms in total. The summed E-state index contributed by atoms with van der Waals surface area (Å²) >= 11 is 0. The van der Waals surface area contributed by atoms with E-state index in [0.717, 1.165) is 39.5 Å². The topological polar surface area (TPSA) is 56.5 Å². The van der Waals surface area contributed by atoms with E-state index in [1.165, 1.54) is 0 Å².